The van der Waals surface area contributed by atoms with Gasteiger partial charge in [-0.3, -0.25) is 4.99 Å². The average molecular weight is 180 g/mol. The molecule has 13 heavy (non-hydrogen) atoms. The minimum Gasteiger partial charge on any atom is -0.356 e. The summed E-state index contributed by atoms with van der Waals surface area (Å²) in [7, 11) is 0. The van der Waals surface area contributed by atoms with E-state index in [4.69, 9.17) is 0 Å². The van der Waals surface area contributed by atoms with Crippen molar-refractivity contribution in [3.05, 3.63) is 11.9 Å². The Morgan fingerprint density at radius 3 is 2.92 bits per heavy atom. The summed E-state index contributed by atoms with van der Waals surface area (Å²) in [6.07, 6.45) is 3.97. The highest BCUT2D eigenvalue weighted by atomic mass is 15.3. The van der Waals surface area contributed by atoms with Gasteiger partial charge in [-0.05, 0) is 13.0 Å². The molecule has 72 valence electrons. The standard InChI is InChI=1S/C9H16N4/c1-8-6-9(12-7-11-8)13-4-2-10-3-5-13/h6-8,10H,2-5H2,1H3,(H,11,12). The topological polar surface area (TPSA) is 39.7 Å². The maximum Gasteiger partial charge on any atom is 0.105 e. The van der Waals surface area contributed by atoms with E-state index in [-0.39, 0.29) is 0 Å². The highest BCUT2D eigenvalue weighted by Crippen LogP contribution is 2.07. The van der Waals surface area contributed by atoms with Crippen LogP contribution in [-0.2, 0) is 0 Å². The van der Waals surface area contributed by atoms with E-state index in [1.54, 1.807) is 6.34 Å². The summed E-state index contributed by atoms with van der Waals surface area (Å²) in [6.45, 7) is 6.41. The summed E-state index contributed by atoms with van der Waals surface area (Å²) >= 11 is 0. The Hall–Kier alpha value is -1.03. The summed E-state index contributed by atoms with van der Waals surface area (Å²) in [5, 5.41) is 6.52. The molecule has 2 aliphatic rings. The third kappa shape index (κ3) is 2.01. The number of aliphatic imine (C=N–C) groups is 1. The summed E-state index contributed by atoms with van der Waals surface area (Å²) in [4.78, 5) is 6.58. The van der Waals surface area contributed by atoms with Gasteiger partial charge in [0.15, 0.2) is 0 Å². The van der Waals surface area contributed by atoms with Gasteiger partial charge in [0.25, 0.3) is 0 Å². The second-order valence-electron chi connectivity index (χ2n) is 3.45. The van der Waals surface area contributed by atoms with Crippen molar-refractivity contribution < 1.29 is 0 Å². The second-order valence-corrected chi connectivity index (χ2v) is 3.45. The number of hydrogen-bond donors (Lipinski definition) is 2. The Labute approximate surface area is 78.7 Å². The largest absolute Gasteiger partial charge is 0.356 e. The van der Waals surface area contributed by atoms with Gasteiger partial charge in [-0.1, -0.05) is 0 Å². The van der Waals surface area contributed by atoms with E-state index in [0.29, 0.717) is 6.04 Å². The fourth-order valence-electron chi connectivity index (χ4n) is 1.64. The molecule has 0 saturated carbocycles. The normalized spacial score (nSPS) is 28.2. The highest BCUT2D eigenvalue weighted by molar-refractivity contribution is 5.59. The van der Waals surface area contributed by atoms with E-state index in [1.165, 1.54) is 5.82 Å². The van der Waals surface area contributed by atoms with Gasteiger partial charge in [-0.15, -0.1) is 0 Å². The molecule has 0 aliphatic carbocycles. The Morgan fingerprint density at radius 2 is 2.23 bits per heavy atom. The van der Waals surface area contributed by atoms with Crippen LogP contribution in [-0.4, -0.2) is 43.5 Å². The maximum atomic E-state index is 4.22. The monoisotopic (exact) mass is 180 g/mol. The molecule has 1 atom stereocenters. The van der Waals surface area contributed by atoms with Crippen molar-refractivity contribution in [2.45, 2.75) is 13.0 Å². The predicted octanol–water partition coefficient (Wildman–Crippen LogP) is -0.247. The van der Waals surface area contributed by atoms with Crippen molar-refractivity contribution in [2.24, 2.45) is 4.99 Å². The van der Waals surface area contributed by atoms with E-state index in [9.17, 15) is 0 Å². The first-order valence-corrected chi connectivity index (χ1v) is 4.82. The number of nitrogens with zero attached hydrogens (tertiary/aromatic N) is 2. The molecular formula is C9H16N4. The SMILES string of the molecule is CC1C=C(N2CCNCC2)NC=N1. The van der Waals surface area contributed by atoms with E-state index < -0.39 is 0 Å². The smallest absolute Gasteiger partial charge is 0.105 e. The molecule has 0 spiro atoms. The quantitative estimate of drug-likeness (QED) is 0.584. The van der Waals surface area contributed by atoms with Gasteiger partial charge in [0, 0.05) is 26.2 Å². The third-order valence-corrected chi connectivity index (χ3v) is 2.38. The number of nitrogens with one attached hydrogen (secondary N) is 2. The Bertz CT molecular complexity index is 228. The van der Waals surface area contributed by atoms with E-state index in [2.05, 4.69) is 33.5 Å². The van der Waals surface area contributed by atoms with Gasteiger partial charge in [-0.25, -0.2) is 0 Å². The van der Waals surface area contributed by atoms with Crippen molar-refractivity contribution in [3.8, 4) is 0 Å². The molecule has 4 nitrogen and oxygen atoms in total. The highest BCUT2D eigenvalue weighted by Gasteiger charge is 2.14. The van der Waals surface area contributed by atoms with Gasteiger partial charge in [-0.2, -0.15) is 0 Å². The summed E-state index contributed by atoms with van der Waals surface area (Å²) in [6, 6.07) is 0.311. The molecule has 1 saturated heterocycles. The number of hydrogen-bond acceptors (Lipinski definition) is 4. The Balaban J connectivity index is 1.98. The molecule has 0 aromatic heterocycles. The lowest BCUT2D eigenvalue weighted by Gasteiger charge is -2.32. The zero-order valence-electron chi connectivity index (χ0n) is 7.95. The van der Waals surface area contributed by atoms with Crippen LogP contribution >= 0.6 is 0 Å². The predicted molar refractivity (Wildman–Crippen MR) is 53.6 cm³/mol. The minimum absolute atomic E-state index is 0.311. The van der Waals surface area contributed by atoms with Gasteiger partial charge >= 0.3 is 0 Å². The van der Waals surface area contributed by atoms with Crippen molar-refractivity contribution in [1.82, 2.24) is 15.5 Å². The van der Waals surface area contributed by atoms with E-state index in [1.807, 2.05) is 0 Å². The summed E-state index contributed by atoms with van der Waals surface area (Å²) in [5.74, 6) is 1.21. The average Bonchev–Trinajstić information content (AvgIpc) is 2.19. The first-order chi connectivity index (χ1) is 6.36. The molecule has 0 radical (unpaired) electrons. The molecule has 0 amide bonds. The molecule has 1 unspecified atom stereocenters. The molecule has 2 N–H and O–H groups in total. The van der Waals surface area contributed by atoms with Crippen molar-refractivity contribution in [1.29, 1.82) is 0 Å². The lowest BCUT2D eigenvalue weighted by Crippen LogP contribution is -2.46. The fourth-order valence-corrected chi connectivity index (χ4v) is 1.64. The lowest BCUT2D eigenvalue weighted by molar-refractivity contribution is 0.287. The lowest BCUT2D eigenvalue weighted by atomic mass is 10.2. The number of piperazine rings is 1. The number of rotatable bonds is 1. The van der Waals surface area contributed by atoms with Crippen LogP contribution < -0.4 is 10.6 Å². The van der Waals surface area contributed by atoms with Crippen LogP contribution in [0.1, 0.15) is 6.92 Å². The fraction of sp³-hybridized carbons (Fsp3) is 0.667. The van der Waals surface area contributed by atoms with Crippen molar-refractivity contribution in [2.75, 3.05) is 26.2 Å². The molecule has 2 aliphatic heterocycles. The summed E-state index contributed by atoms with van der Waals surface area (Å²) < 4.78 is 0. The van der Waals surface area contributed by atoms with Gasteiger partial charge in [0.2, 0.25) is 0 Å². The van der Waals surface area contributed by atoms with Gasteiger partial charge in [0.05, 0.1) is 12.4 Å². The minimum atomic E-state index is 0.311. The first kappa shape index (κ1) is 8.56. The Morgan fingerprint density at radius 1 is 1.46 bits per heavy atom. The van der Waals surface area contributed by atoms with Gasteiger partial charge in [0.1, 0.15) is 5.82 Å². The van der Waals surface area contributed by atoms with Crippen LogP contribution in [0.4, 0.5) is 0 Å². The van der Waals surface area contributed by atoms with Crippen LogP contribution in [0, 0.1) is 0 Å². The molecule has 4 heteroatoms. The van der Waals surface area contributed by atoms with Gasteiger partial charge < -0.3 is 15.5 Å². The molecule has 2 heterocycles. The van der Waals surface area contributed by atoms with E-state index in [0.717, 1.165) is 26.2 Å². The first-order valence-electron chi connectivity index (χ1n) is 4.82. The van der Waals surface area contributed by atoms with Crippen molar-refractivity contribution in [3.63, 3.8) is 0 Å². The Kier molecular flexibility index (Phi) is 2.49. The third-order valence-electron chi connectivity index (χ3n) is 2.38. The molecule has 2 rings (SSSR count). The zero-order valence-corrected chi connectivity index (χ0v) is 7.95. The van der Waals surface area contributed by atoms with Crippen LogP contribution in [0.25, 0.3) is 0 Å². The summed E-state index contributed by atoms with van der Waals surface area (Å²) in [5.41, 5.74) is 0. The second kappa shape index (κ2) is 3.79. The molecule has 0 aromatic carbocycles. The molecule has 0 aromatic rings. The molecule has 1 fully saturated rings. The molecule has 0 bridgehead atoms. The van der Waals surface area contributed by atoms with Crippen LogP contribution in [0.5, 0.6) is 0 Å². The van der Waals surface area contributed by atoms with Crippen molar-refractivity contribution >= 4 is 6.34 Å². The zero-order chi connectivity index (χ0) is 9.10. The van der Waals surface area contributed by atoms with Crippen LogP contribution in [0.15, 0.2) is 16.9 Å². The maximum absolute atomic E-state index is 4.22. The molecular weight excluding hydrogens is 164 g/mol. The van der Waals surface area contributed by atoms with Crippen LogP contribution in [0.2, 0.25) is 0 Å². The van der Waals surface area contributed by atoms with Crippen LogP contribution in [0.3, 0.4) is 0 Å². The van der Waals surface area contributed by atoms with E-state index >= 15 is 0 Å².